The van der Waals surface area contributed by atoms with Gasteiger partial charge in [-0.25, -0.2) is 9.97 Å². The van der Waals surface area contributed by atoms with E-state index in [0.29, 0.717) is 36.6 Å². The quantitative estimate of drug-likeness (QED) is 0.457. The molecular weight excluding hydrogens is 386 g/mol. The number of hydrogen-bond donors (Lipinski definition) is 1. The topological polar surface area (TPSA) is 110 Å². The van der Waals surface area contributed by atoms with Crippen LogP contribution in [0.15, 0.2) is 24.5 Å². The monoisotopic (exact) mass is 405 g/mol. The molecule has 1 aromatic carbocycles. The van der Waals surface area contributed by atoms with Crippen LogP contribution in [0.25, 0.3) is 0 Å². The predicted octanol–water partition coefficient (Wildman–Crippen LogP) is 3.48. The summed E-state index contributed by atoms with van der Waals surface area (Å²) in [5.74, 6) is -0.134. The van der Waals surface area contributed by atoms with E-state index in [1.54, 1.807) is 17.0 Å². The molecule has 0 amide bonds. The standard InChI is InChI=1S/C18H20ClN5O4/c1-11-3-4-13(19)9-14(11)22-16-15(24(26)27)17(21-10-20-16)23-7-5-12(6-8-23)18(25)28-2/h3-4,9-10,12H,5-8H2,1-2H3,(H,20,21,22). The van der Waals surface area contributed by atoms with E-state index < -0.39 is 4.92 Å². The van der Waals surface area contributed by atoms with Crippen molar-refractivity contribution in [2.24, 2.45) is 5.92 Å². The molecule has 1 aromatic heterocycles. The Balaban J connectivity index is 1.89. The molecule has 0 atom stereocenters. The lowest BCUT2D eigenvalue weighted by Crippen LogP contribution is -2.37. The highest BCUT2D eigenvalue weighted by molar-refractivity contribution is 6.30. The largest absolute Gasteiger partial charge is 0.469 e. The average molecular weight is 406 g/mol. The summed E-state index contributed by atoms with van der Waals surface area (Å²) in [7, 11) is 1.36. The third-order valence-corrected chi connectivity index (χ3v) is 5.00. The van der Waals surface area contributed by atoms with Crippen LogP contribution < -0.4 is 10.2 Å². The second-order valence-corrected chi connectivity index (χ2v) is 6.96. The number of carbonyl (C=O) groups excluding carboxylic acids is 1. The lowest BCUT2D eigenvalue weighted by molar-refractivity contribution is -0.383. The van der Waals surface area contributed by atoms with Gasteiger partial charge in [0.1, 0.15) is 6.33 Å². The molecule has 2 aromatic rings. The number of piperidine rings is 1. The van der Waals surface area contributed by atoms with Gasteiger partial charge in [-0.15, -0.1) is 0 Å². The third kappa shape index (κ3) is 4.14. The Kier molecular flexibility index (Phi) is 5.93. The van der Waals surface area contributed by atoms with Crippen molar-refractivity contribution in [2.45, 2.75) is 19.8 Å². The molecule has 9 nitrogen and oxygen atoms in total. The first kappa shape index (κ1) is 19.8. The maximum Gasteiger partial charge on any atom is 0.353 e. The van der Waals surface area contributed by atoms with Crippen LogP contribution in [-0.4, -0.2) is 41.1 Å². The van der Waals surface area contributed by atoms with Gasteiger partial charge in [0.2, 0.25) is 11.6 Å². The average Bonchev–Trinajstić information content (AvgIpc) is 2.70. The highest BCUT2D eigenvalue weighted by Gasteiger charge is 2.32. The number of aryl methyl sites for hydroxylation is 1. The zero-order valence-corrected chi connectivity index (χ0v) is 16.3. The first-order valence-electron chi connectivity index (χ1n) is 8.76. The number of carbonyl (C=O) groups is 1. The van der Waals surface area contributed by atoms with Gasteiger partial charge in [0.25, 0.3) is 0 Å². The number of nitrogens with zero attached hydrogens (tertiary/aromatic N) is 4. The summed E-state index contributed by atoms with van der Waals surface area (Å²) >= 11 is 6.04. The normalized spacial score (nSPS) is 14.6. The van der Waals surface area contributed by atoms with E-state index in [9.17, 15) is 14.9 Å². The smallest absolute Gasteiger partial charge is 0.353 e. The minimum absolute atomic E-state index is 0.0930. The molecule has 10 heteroatoms. The Morgan fingerprint density at radius 2 is 2.07 bits per heavy atom. The number of halogens is 1. The minimum atomic E-state index is -0.496. The van der Waals surface area contributed by atoms with Gasteiger partial charge in [-0.3, -0.25) is 14.9 Å². The zero-order chi connectivity index (χ0) is 20.3. The van der Waals surface area contributed by atoms with Crippen LogP contribution in [-0.2, 0) is 9.53 Å². The predicted molar refractivity (Wildman–Crippen MR) is 105 cm³/mol. The van der Waals surface area contributed by atoms with Crippen LogP contribution in [0.3, 0.4) is 0 Å². The number of hydrogen-bond acceptors (Lipinski definition) is 8. The molecule has 3 rings (SSSR count). The Hall–Kier alpha value is -2.94. The van der Waals surface area contributed by atoms with Crippen LogP contribution in [0, 0.1) is 23.0 Å². The second kappa shape index (κ2) is 8.39. The number of ether oxygens (including phenoxy) is 1. The summed E-state index contributed by atoms with van der Waals surface area (Å²) in [4.78, 5) is 33.0. The molecule has 0 spiro atoms. The molecule has 1 fully saturated rings. The van der Waals surface area contributed by atoms with Crippen molar-refractivity contribution in [1.82, 2.24) is 9.97 Å². The first-order valence-corrected chi connectivity index (χ1v) is 9.14. The van der Waals surface area contributed by atoms with Gasteiger partial charge in [0.15, 0.2) is 0 Å². The van der Waals surface area contributed by atoms with Gasteiger partial charge in [0, 0.05) is 23.8 Å². The molecule has 1 N–H and O–H groups in total. The van der Waals surface area contributed by atoms with Gasteiger partial charge >= 0.3 is 11.7 Å². The molecule has 0 aliphatic carbocycles. The van der Waals surface area contributed by atoms with Crippen molar-refractivity contribution in [2.75, 3.05) is 30.4 Å². The number of nitro groups is 1. The second-order valence-electron chi connectivity index (χ2n) is 6.52. The number of nitrogens with one attached hydrogen (secondary N) is 1. The van der Waals surface area contributed by atoms with E-state index in [0.717, 1.165) is 5.56 Å². The first-order chi connectivity index (χ1) is 13.4. The molecule has 1 aliphatic rings. The molecule has 0 unspecified atom stereocenters. The molecule has 0 saturated carbocycles. The van der Waals surface area contributed by atoms with Gasteiger partial charge in [-0.2, -0.15) is 0 Å². The highest BCUT2D eigenvalue weighted by atomic mass is 35.5. The van der Waals surface area contributed by atoms with Crippen molar-refractivity contribution in [3.8, 4) is 0 Å². The summed E-state index contributed by atoms with van der Waals surface area (Å²) in [5.41, 5.74) is 1.29. The molecule has 2 heterocycles. The van der Waals surface area contributed by atoms with Crippen molar-refractivity contribution >= 4 is 40.6 Å². The fourth-order valence-electron chi connectivity index (χ4n) is 3.21. The van der Waals surface area contributed by atoms with Crippen LogP contribution in [0.5, 0.6) is 0 Å². The van der Waals surface area contributed by atoms with E-state index in [-0.39, 0.29) is 29.2 Å². The minimum Gasteiger partial charge on any atom is -0.469 e. The van der Waals surface area contributed by atoms with E-state index in [2.05, 4.69) is 15.3 Å². The van der Waals surface area contributed by atoms with E-state index >= 15 is 0 Å². The molecule has 148 valence electrons. The summed E-state index contributed by atoms with van der Waals surface area (Å²) in [6, 6.07) is 5.24. The maximum atomic E-state index is 11.8. The number of rotatable bonds is 5. The van der Waals surface area contributed by atoms with E-state index in [1.165, 1.54) is 13.4 Å². The van der Waals surface area contributed by atoms with Crippen molar-refractivity contribution in [3.05, 3.63) is 45.2 Å². The highest BCUT2D eigenvalue weighted by Crippen LogP contribution is 2.36. The van der Waals surface area contributed by atoms with Crippen molar-refractivity contribution < 1.29 is 14.5 Å². The van der Waals surface area contributed by atoms with Crippen LogP contribution >= 0.6 is 11.6 Å². The number of esters is 1. The number of benzene rings is 1. The van der Waals surface area contributed by atoms with Gasteiger partial charge in [0.05, 0.1) is 18.0 Å². The van der Waals surface area contributed by atoms with Crippen LogP contribution in [0.4, 0.5) is 23.0 Å². The molecule has 1 saturated heterocycles. The number of anilines is 3. The Morgan fingerprint density at radius 3 is 2.71 bits per heavy atom. The Labute approximate surface area is 166 Å². The van der Waals surface area contributed by atoms with E-state index in [1.807, 2.05) is 13.0 Å². The van der Waals surface area contributed by atoms with Crippen LogP contribution in [0.1, 0.15) is 18.4 Å². The van der Waals surface area contributed by atoms with Gasteiger partial charge in [-0.05, 0) is 37.5 Å². The van der Waals surface area contributed by atoms with Crippen LogP contribution in [0.2, 0.25) is 5.02 Å². The molecule has 0 radical (unpaired) electrons. The lowest BCUT2D eigenvalue weighted by atomic mass is 9.97. The molecular formula is C18H20ClN5O4. The Bertz CT molecular complexity index is 900. The summed E-state index contributed by atoms with van der Waals surface area (Å²) < 4.78 is 4.79. The fraction of sp³-hybridized carbons (Fsp3) is 0.389. The lowest BCUT2D eigenvalue weighted by Gasteiger charge is -2.31. The molecule has 1 aliphatic heterocycles. The van der Waals surface area contributed by atoms with E-state index in [4.69, 9.17) is 16.3 Å². The number of methoxy groups -OCH3 is 1. The van der Waals surface area contributed by atoms with Gasteiger partial charge in [-0.1, -0.05) is 17.7 Å². The molecule has 0 bridgehead atoms. The zero-order valence-electron chi connectivity index (χ0n) is 15.5. The fourth-order valence-corrected chi connectivity index (χ4v) is 3.38. The summed E-state index contributed by atoms with van der Waals surface area (Å²) in [6.07, 6.45) is 2.38. The summed E-state index contributed by atoms with van der Waals surface area (Å²) in [6.45, 7) is 2.80. The number of aromatic nitrogens is 2. The summed E-state index contributed by atoms with van der Waals surface area (Å²) in [5, 5.41) is 15.3. The van der Waals surface area contributed by atoms with Crippen molar-refractivity contribution in [3.63, 3.8) is 0 Å². The Morgan fingerprint density at radius 1 is 1.36 bits per heavy atom. The maximum absolute atomic E-state index is 11.8. The third-order valence-electron chi connectivity index (χ3n) is 4.77. The van der Waals surface area contributed by atoms with Crippen molar-refractivity contribution in [1.29, 1.82) is 0 Å². The molecule has 28 heavy (non-hydrogen) atoms. The van der Waals surface area contributed by atoms with Gasteiger partial charge < -0.3 is 15.0 Å². The SMILES string of the molecule is COC(=O)C1CCN(c2ncnc(Nc3cc(Cl)ccc3C)c2[N+](=O)[O-])CC1.